The molecule has 1 N–H and O–H groups in total. The number of nitrogens with zero attached hydrogens (tertiary/aromatic N) is 1. The highest BCUT2D eigenvalue weighted by Gasteiger charge is 2.29. The number of rotatable bonds is 7. The molecular weight excluding hydrogens is 450 g/mol. The first-order chi connectivity index (χ1) is 14.6. The van der Waals surface area contributed by atoms with Gasteiger partial charge in [0.25, 0.3) is 0 Å². The number of halogens is 2. The van der Waals surface area contributed by atoms with Crippen LogP contribution < -0.4 is 5.32 Å². The first-order valence-electron chi connectivity index (χ1n) is 9.62. The fourth-order valence-electron chi connectivity index (χ4n) is 3.33. The van der Waals surface area contributed by atoms with Crippen molar-refractivity contribution in [2.45, 2.75) is 41.2 Å². The van der Waals surface area contributed by atoms with Crippen LogP contribution in [-0.2, 0) is 31.1 Å². The van der Waals surface area contributed by atoms with Gasteiger partial charge in [-0.3, -0.25) is 4.79 Å². The molecule has 0 bridgehead atoms. The van der Waals surface area contributed by atoms with Crippen LogP contribution in [0, 0.1) is 0 Å². The second kappa shape index (κ2) is 9.41. The normalized spacial score (nSPS) is 15.7. The van der Waals surface area contributed by atoms with Crippen LogP contribution in [0.2, 0.25) is 0 Å². The third-order valence-corrected chi connectivity index (χ3v) is 8.29. The molecule has 11 heteroatoms. The Labute approximate surface area is 180 Å². The molecule has 168 valence electrons. The van der Waals surface area contributed by atoms with Crippen LogP contribution in [0.1, 0.15) is 24.8 Å². The predicted molar refractivity (Wildman–Crippen MR) is 111 cm³/mol. The van der Waals surface area contributed by atoms with Gasteiger partial charge in [0.15, 0.2) is 0 Å². The third-order valence-electron chi connectivity index (χ3n) is 4.94. The fraction of sp³-hybridized carbons (Fsp3) is 0.350. The number of anilines is 1. The predicted octanol–water partition coefficient (Wildman–Crippen LogP) is 3.04. The maximum Gasteiger partial charge on any atom is 0.341 e. The second-order valence-corrected chi connectivity index (χ2v) is 11.0. The smallest absolute Gasteiger partial charge is 0.325 e. The standard InChI is InChI=1S/C20H22F2N2O5S2/c21-20(22)30(26,27)18-7-3-2-6-17(18)23-19(25)14-15-8-10-16(11-9-15)31(28,29)24-12-4-1-5-13-24/h2-3,6-11,20H,1,4-5,12-14H2,(H,23,25). The van der Waals surface area contributed by atoms with Gasteiger partial charge in [-0.25, -0.2) is 16.8 Å². The number of para-hydroxylation sites is 1. The molecule has 0 aliphatic carbocycles. The highest BCUT2D eigenvalue weighted by Crippen LogP contribution is 2.26. The number of sulfone groups is 1. The molecule has 1 saturated heterocycles. The molecule has 1 aliphatic heterocycles. The third kappa shape index (κ3) is 5.28. The Hall–Kier alpha value is -2.37. The number of piperidine rings is 1. The van der Waals surface area contributed by atoms with E-state index in [2.05, 4.69) is 5.32 Å². The van der Waals surface area contributed by atoms with E-state index in [0.717, 1.165) is 25.3 Å². The Balaban J connectivity index is 1.71. The van der Waals surface area contributed by atoms with Crippen LogP contribution in [-0.4, -0.2) is 45.9 Å². The Morgan fingerprint density at radius 2 is 1.55 bits per heavy atom. The van der Waals surface area contributed by atoms with Crippen molar-refractivity contribution in [2.75, 3.05) is 18.4 Å². The van der Waals surface area contributed by atoms with Crippen molar-refractivity contribution in [2.24, 2.45) is 0 Å². The van der Waals surface area contributed by atoms with Crippen molar-refractivity contribution in [3.63, 3.8) is 0 Å². The van der Waals surface area contributed by atoms with Gasteiger partial charge in [-0.15, -0.1) is 0 Å². The molecule has 31 heavy (non-hydrogen) atoms. The van der Waals surface area contributed by atoms with Crippen molar-refractivity contribution < 1.29 is 30.4 Å². The lowest BCUT2D eigenvalue weighted by atomic mass is 10.1. The van der Waals surface area contributed by atoms with E-state index >= 15 is 0 Å². The summed E-state index contributed by atoms with van der Waals surface area (Å²) in [5.74, 6) is -4.23. The molecule has 0 unspecified atom stereocenters. The van der Waals surface area contributed by atoms with E-state index in [1.54, 1.807) is 0 Å². The number of carbonyl (C=O) groups is 1. The van der Waals surface area contributed by atoms with Crippen LogP contribution in [0.15, 0.2) is 58.3 Å². The van der Waals surface area contributed by atoms with E-state index < -0.39 is 36.4 Å². The summed E-state index contributed by atoms with van der Waals surface area (Å²) in [5, 5.41) is 2.34. The summed E-state index contributed by atoms with van der Waals surface area (Å²) < 4.78 is 76.1. The number of sulfonamides is 1. The van der Waals surface area contributed by atoms with Crippen LogP contribution in [0.5, 0.6) is 0 Å². The lowest BCUT2D eigenvalue weighted by molar-refractivity contribution is -0.115. The molecule has 2 aromatic rings. The highest BCUT2D eigenvalue weighted by atomic mass is 32.2. The maximum absolute atomic E-state index is 12.9. The van der Waals surface area contributed by atoms with Gasteiger partial charge in [0.05, 0.1) is 21.9 Å². The van der Waals surface area contributed by atoms with Gasteiger partial charge in [0, 0.05) is 13.1 Å². The van der Waals surface area contributed by atoms with Gasteiger partial charge in [0.2, 0.25) is 25.8 Å². The monoisotopic (exact) mass is 472 g/mol. The van der Waals surface area contributed by atoms with Crippen LogP contribution in [0.25, 0.3) is 0 Å². The molecule has 1 aliphatic rings. The van der Waals surface area contributed by atoms with Crippen molar-refractivity contribution in [3.05, 3.63) is 54.1 Å². The summed E-state index contributed by atoms with van der Waals surface area (Å²) in [7, 11) is -8.47. The zero-order valence-electron chi connectivity index (χ0n) is 16.5. The summed E-state index contributed by atoms with van der Waals surface area (Å²) >= 11 is 0. The fourth-order valence-corrected chi connectivity index (χ4v) is 5.73. The van der Waals surface area contributed by atoms with E-state index in [-0.39, 0.29) is 17.0 Å². The molecule has 1 fully saturated rings. The molecular formula is C20H22F2N2O5S2. The van der Waals surface area contributed by atoms with E-state index in [1.165, 1.54) is 46.8 Å². The average Bonchev–Trinajstić information content (AvgIpc) is 2.75. The van der Waals surface area contributed by atoms with Gasteiger partial charge in [-0.2, -0.15) is 13.1 Å². The minimum Gasteiger partial charge on any atom is -0.325 e. The number of hydrogen-bond acceptors (Lipinski definition) is 5. The minimum absolute atomic E-state index is 0.131. The molecule has 1 heterocycles. The lowest BCUT2D eigenvalue weighted by Crippen LogP contribution is -2.35. The molecule has 0 saturated carbocycles. The molecule has 1 amide bonds. The lowest BCUT2D eigenvalue weighted by Gasteiger charge is -2.25. The Morgan fingerprint density at radius 3 is 2.16 bits per heavy atom. The van der Waals surface area contributed by atoms with Gasteiger partial charge in [0.1, 0.15) is 0 Å². The van der Waals surface area contributed by atoms with Crippen molar-refractivity contribution >= 4 is 31.5 Å². The zero-order valence-corrected chi connectivity index (χ0v) is 18.1. The summed E-state index contributed by atoms with van der Waals surface area (Å²) in [4.78, 5) is 11.8. The summed E-state index contributed by atoms with van der Waals surface area (Å²) in [5.41, 5.74) is 0.251. The molecule has 0 spiro atoms. The van der Waals surface area contributed by atoms with E-state index in [9.17, 15) is 30.4 Å². The number of carbonyl (C=O) groups excluding carboxylic acids is 1. The summed E-state index contributed by atoms with van der Waals surface area (Å²) in [6.07, 6.45) is 2.45. The molecule has 0 atom stereocenters. The van der Waals surface area contributed by atoms with Gasteiger partial charge < -0.3 is 5.32 Å². The van der Waals surface area contributed by atoms with Gasteiger partial charge in [-0.1, -0.05) is 30.7 Å². The Kier molecular flexibility index (Phi) is 7.07. The van der Waals surface area contributed by atoms with Crippen molar-refractivity contribution in [1.29, 1.82) is 0 Å². The average molecular weight is 473 g/mol. The number of nitrogens with one attached hydrogen (secondary N) is 1. The number of hydrogen-bond donors (Lipinski definition) is 1. The highest BCUT2D eigenvalue weighted by molar-refractivity contribution is 7.91. The zero-order chi connectivity index (χ0) is 22.6. The van der Waals surface area contributed by atoms with Crippen molar-refractivity contribution in [1.82, 2.24) is 4.31 Å². The molecule has 7 nitrogen and oxygen atoms in total. The van der Waals surface area contributed by atoms with Crippen molar-refractivity contribution in [3.8, 4) is 0 Å². The molecule has 2 aromatic carbocycles. The Bertz CT molecular complexity index is 1140. The quantitative estimate of drug-likeness (QED) is 0.668. The van der Waals surface area contributed by atoms with E-state index in [0.29, 0.717) is 18.7 Å². The SMILES string of the molecule is O=C(Cc1ccc(S(=O)(=O)N2CCCCC2)cc1)Nc1ccccc1S(=O)(=O)C(F)F. The topological polar surface area (TPSA) is 101 Å². The van der Waals surface area contributed by atoms with Gasteiger partial charge in [-0.05, 0) is 42.7 Å². The summed E-state index contributed by atoms with van der Waals surface area (Å²) in [6.45, 7) is 0.959. The van der Waals surface area contributed by atoms with Gasteiger partial charge >= 0.3 is 5.76 Å². The number of amides is 1. The minimum atomic E-state index is -4.88. The number of alkyl halides is 2. The largest absolute Gasteiger partial charge is 0.341 e. The Morgan fingerprint density at radius 1 is 0.935 bits per heavy atom. The maximum atomic E-state index is 12.9. The second-order valence-electron chi connectivity index (χ2n) is 7.14. The number of benzene rings is 2. The molecule has 3 rings (SSSR count). The van der Waals surface area contributed by atoms with E-state index in [4.69, 9.17) is 0 Å². The van der Waals surface area contributed by atoms with E-state index in [1.807, 2.05) is 0 Å². The summed E-state index contributed by atoms with van der Waals surface area (Å²) in [6, 6.07) is 10.8. The first kappa shape index (κ1) is 23.3. The van der Waals surface area contributed by atoms with Crippen LogP contribution in [0.3, 0.4) is 0 Å². The van der Waals surface area contributed by atoms with Crippen LogP contribution in [0.4, 0.5) is 14.5 Å². The van der Waals surface area contributed by atoms with Crippen LogP contribution >= 0.6 is 0 Å². The first-order valence-corrected chi connectivity index (χ1v) is 12.6. The molecule has 0 radical (unpaired) electrons. The molecule has 0 aromatic heterocycles.